The summed E-state index contributed by atoms with van der Waals surface area (Å²) in [7, 11) is 3.11. The van der Waals surface area contributed by atoms with Crippen molar-refractivity contribution in [2.75, 3.05) is 25.7 Å². The number of nitrogens with zero attached hydrogens (tertiary/aromatic N) is 2. The van der Waals surface area contributed by atoms with Crippen LogP contribution in [0.3, 0.4) is 0 Å². The zero-order valence-corrected chi connectivity index (χ0v) is 10.6. The Labute approximate surface area is 101 Å². The van der Waals surface area contributed by atoms with E-state index in [2.05, 4.69) is 4.98 Å². The molecule has 1 N–H and O–H groups in total. The van der Waals surface area contributed by atoms with Crippen LogP contribution in [0, 0.1) is 0 Å². The molecule has 1 rings (SSSR count). The van der Waals surface area contributed by atoms with Crippen LogP contribution in [0.25, 0.3) is 0 Å². The fourth-order valence-corrected chi connectivity index (χ4v) is 1.33. The van der Waals surface area contributed by atoms with E-state index in [1.807, 2.05) is 13.8 Å². The third kappa shape index (κ3) is 2.74. The highest BCUT2D eigenvalue weighted by molar-refractivity contribution is 5.94. The summed E-state index contributed by atoms with van der Waals surface area (Å²) in [5.74, 6) is 0.0621. The van der Waals surface area contributed by atoms with Crippen LogP contribution in [-0.2, 0) is 4.74 Å². The third-order valence-corrected chi connectivity index (χ3v) is 2.80. The Morgan fingerprint density at radius 3 is 2.76 bits per heavy atom. The fraction of sp³-hybridized carbons (Fsp3) is 0.500. The van der Waals surface area contributed by atoms with E-state index in [4.69, 9.17) is 4.74 Å². The van der Waals surface area contributed by atoms with Gasteiger partial charge in [0, 0.05) is 13.2 Å². The van der Waals surface area contributed by atoms with Gasteiger partial charge in [0.2, 0.25) is 0 Å². The van der Waals surface area contributed by atoms with E-state index in [-0.39, 0.29) is 6.61 Å². The molecule has 0 fully saturated rings. The molecular weight excluding hydrogens is 220 g/mol. The van der Waals surface area contributed by atoms with Gasteiger partial charge in [0.1, 0.15) is 11.4 Å². The number of carbonyl (C=O) groups excluding carboxylic acids is 1. The van der Waals surface area contributed by atoms with Crippen molar-refractivity contribution in [2.24, 2.45) is 0 Å². The minimum atomic E-state index is -0.503. The first-order valence-corrected chi connectivity index (χ1v) is 5.32. The van der Waals surface area contributed by atoms with Gasteiger partial charge >= 0.3 is 5.97 Å². The first-order valence-electron chi connectivity index (χ1n) is 5.32. The average molecular weight is 238 g/mol. The highest BCUT2D eigenvalue weighted by Gasteiger charge is 2.27. The van der Waals surface area contributed by atoms with Gasteiger partial charge < -0.3 is 14.7 Å². The molecule has 0 spiro atoms. The van der Waals surface area contributed by atoms with E-state index in [1.54, 1.807) is 30.3 Å². The number of methoxy groups -OCH3 is 1. The number of likely N-dealkylation sites (N-methyl/N-ethyl adjacent to an activating group) is 1. The second-order valence-electron chi connectivity index (χ2n) is 4.40. The number of hydrogen-bond donors (Lipinski definition) is 1. The van der Waals surface area contributed by atoms with Crippen LogP contribution in [0.4, 0.5) is 5.82 Å². The van der Waals surface area contributed by atoms with Gasteiger partial charge in [-0.1, -0.05) is 0 Å². The number of rotatable bonds is 4. The van der Waals surface area contributed by atoms with Crippen molar-refractivity contribution in [3.63, 3.8) is 0 Å². The Kier molecular flexibility index (Phi) is 4.07. The number of hydrogen-bond acceptors (Lipinski definition) is 5. The van der Waals surface area contributed by atoms with Gasteiger partial charge in [-0.15, -0.1) is 0 Å². The second-order valence-corrected chi connectivity index (χ2v) is 4.40. The molecule has 94 valence electrons. The maximum Gasteiger partial charge on any atom is 0.341 e. The molecule has 0 radical (unpaired) electrons. The first kappa shape index (κ1) is 13.4. The molecule has 0 aliphatic rings. The molecule has 0 saturated carbocycles. The molecule has 1 aromatic rings. The van der Waals surface area contributed by atoms with Gasteiger partial charge in [0.05, 0.1) is 19.3 Å². The Morgan fingerprint density at radius 2 is 2.24 bits per heavy atom. The van der Waals surface area contributed by atoms with E-state index < -0.39 is 11.5 Å². The van der Waals surface area contributed by atoms with Gasteiger partial charge in [0.15, 0.2) is 0 Å². The van der Waals surface area contributed by atoms with E-state index in [0.29, 0.717) is 11.4 Å². The highest BCUT2D eigenvalue weighted by Crippen LogP contribution is 2.23. The number of carbonyl (C=O) groups is 1. The van der Waals surface area contributed by atoms with E-state index in [1.165, 1.54) is 7.11 Å². The summed E-state index contributed by atoms with van der Waals surface area (Å²) in [6.07, 6.45) is 1.60. The summed E-state index contributed by atoms with van der Waals surface area (Å²) in [5, 5.41) is 9.33. The summed E-state index contributed by atoms with van der Waals surface area (Å²) in [4.78, 5) is 17.5. The van der Waals surface area contributed by atoms with Gasteiger partial charge in [-0.05, 0) is 26.0 Å². The number of aromatic nitrogens is 1. The largest absolute Gasteiger partial charge is 0.465 e. The van der Waals surface area contributed by atoms with E-state index in [0.717, 1.165) is 0 Å². The minimum Gasteiger partial charge on any atom is -0.465 e. The quantitative estimate of drug-likeness (QED) is 0.795. The fourth-order valence-electron chi connectivity index (χ4n) is 1.33. The molecule has 5 heteroatoms. The molecule has 0 bridgehead atoms. The molecule has 0 aliphatic carbocycles. The molecule has 1 aromatic heterocycles. The number of anilines is 1. The summed E-state index contributed by atoms with van der Waals surface area (Å²) in [6, 6.07) is 3.33. The van der Waals surface area contributed by atoms with Crippen molar-refractivity contribution in [1.82, 2.24) is 4.98 Å². The molecule has 0 amide bonds. The van der Waals surface area contributed by atoms with Gasteiger partial charge in [-0.2, -0.15) is 0 Å². The lowest BCUT2D eigenvalue weighted by Gasteiger charge is -2.35. The zero-order chi connectivity index (χ0) is 13.1. The summed E-state index contributed by atoms with van der Waals surface area (Å²) in [6.45, 7) is 3.69. The lowest BCUT2D eigenvalue weighted by Crippen LogP contribution is -2.45. The zero-order valence-electron chi connectivity index (χ0n) is 10.6. The lowest BCUT2D eigenvalue weighted by molar-refractivity contribution is 0.0600. The second kappa shape index (κ2) is 5.14. The molecule has 0 unspecified atom stereocenters. The van der Waals surface area contributed by atoms with Crippen molar-refractivity contribution in [2.45, 2.75) is 19.4 Å². The Balaban J connectivity index is 3.18. The summed E-state index contributed by atoms with van der Waals surface area (Å²) >= 11 is 0. The Bertz CT molecular complexity index is 404. The van der Waals surface area contributed by atoms with Crippen LogP contribution in [0.5, 0.6) is 0 Å². The van der Waals surface area contributed by atoms with Crippen molar-refractivity contribution in [3.8, 4) is 0 Å². The van der Waals surface area contributed by atoms with Crippen molar-refractivity contribution in [1.29, 1.82) is 0 Å². The van der Waals surface area contributed by atoms with E-state index >= 15 is 0 Å². The normalized spacial score (nSPS) is 11.1. The summed E-state index contributed by atoms with van der Waals surface area (Å²) in [5.41, 5.74) is -0.115. The van der Waals surface area contributed by atoms with Crippen LogP contribution in [0.2, 0.25) is 0 Å². The Hall–Kier alpha value is -1.62. The highest BCUT2D eigenvalue weighted by atomic mass is 16.5. The van der Waals surface area contributed by atoms with Crippen LogP contribution in [0.1, 0.15) is 24.2 Å². The number of ether oxygens (including phenoxy) is 1. The van der Waals surface area contributed by atoms with Crippen molar-refractivity contribution in [3.05, 3.63) is 23.9 Å². The average Bonchev–Trinajstić information content (AvgIpc) is 2.36. The molecule has 1 heterocycles. The van der Waals surface area contributed by atoms with Crippen molar-refractivity contribution < 1.29 is 14.6 Å². The number of pyridine rings is 1. The third-order valence-electron chi connectivity index (χ3n) is 2.80. The van der Waals surface area contributed by atoms with Crippen LogP contribution < -0.4 is 4.90 Å². The number of esters is 1. The van der Waals surface area contributed by atoms with Crippen LogP contribution >= 0.6 is 0 Å². The molecular formula is C12H18N2O3. The van der Waals surface area contributed by atoms with Gasteiger partial charge in [-0.25, -0.2) is 9.78 Å². The number of aliphatic hydroxyl groups excluding tert-OH is 1. The van der Waals surface area contributed by atoms with E-state index in [9.17, 15) is 9.90 Å². The standard InChI is InChI=1S/C12H18N2O3/c1-12(2,8-15)14(3)10-9(11(16)17-4)6-5-7-13-10/h5-7,15H,8H2,1-4H3. The predicted octanol–water partition coefficient (Wildman–Crippen LogP) is 1.08. The van der Waals surface area contributed by atoms with Gasteiger partial charge in [-0.3, -0.25) is 0 Å². The smallest absolute Gasteiger partial charge is 0.341 e. The first-order chi connectivity index (χ1) is 7.94. The molecule has 0 saturated heterocycles. The molecule has 17 heavy (non-hydrogen) atoms. The van der Waals surface area contributed by atoms with Crippen LogP contribution in [-0.4, -0.2) is 42.4 Å². The van der Waals surface area contributed by atoms with Gasteiger partial charge in [0.25, 0.3) is 0 Å². The lowest BCUT2D eigenvalue weighted by atomic mass is 10.0. The van der Waals surface area contributed by atoms with Crippen molar-refractivity contribution >= 4 is 11.8 Å². The number of aliphatic hydroxyl groups is 1. The molecule has 0 atom stereocenters. The summed E-state index contributed by atoms with van der Waals surface area (Å²) < 4.78 is 4.71. The molecule has 0 aromatic carbocycles. The molecule has 0 aliphatic heterocycles. The SMILES string of the molecule is COC(=O)c1cccnc1N(C)C(C)(C)CO. The predicted molar refractivity (Wildman–Crippen MR) is 65.1 cm³/mol. The Morgan fingerprint density at radius 1 is 1.59 bits per heavy atom. The maximum atomic E-state index is 11.6. The maximum absolute atomic E-state index is 11.6. The molecule has 5 nitrogen and oxygen atoms in total. The minimum absolute atomic E-state index is 0.0410. The monoisotopic (exact) mass is 238 g/mol. The topological polar surface area (TPSA) is 62.7 Å². The van der Waals surface area contributed by atoms with Crippen LogP contribution in [0.15, 0.2) is 18.3 Å².